The average molecular weight is 618 g/mol. The van der Waals surface area contributed by atoms with Crippen LogP contribution >= 0.6 is 0 Å². The number of pyridine rings is 1. The molecule has 1 heterocycles. The number of aryl methyl sites for hydroxylation is 1. The van der Waals surface area contributed by atoms with Crippen molar-refractivity contribution in [2.45, 2.75) is 201 Å². The molecule has 0 atom stereocenters. The molecule has 1 aromatic heterocycles. The van der Waals surface area contributed by atoms with Gasteiger partial charge in [0, 0.05) is 30.2 Å². The maximum Gasteiger partial charge on any atom is 0.311 e. The van der Waals surface area contributed by atoms with E-state index >= 15 is 0 Å². The van der Waals surface area contributed by atoms with Gasteiger partial charge in [0.15, 0.2) is 5.75 Å². The van der Waals surface area contributed by atoms with Gasteiger partial charge in [0.25, 0.3) is 0 Å². The predicted molar refractivity (Wildman–Crippen MR) is 182 cm³/mol. The fourth-order valence-electron chi connectivity index (χ4n) is 5.72. The van der Waals surface area contributed by atoms with Crippen LogP contribution in [0, 0.1) is 6.92 Å². The number of aromatic nitrogens is 1. The number of rotatable bonds is 30. The highest BCUT2D eigenvalue weighted by Gasteiger charge is 2.18. The van der Waals surface area contributed by atoms with Gasteiger partial charge in [-0.1, -0.05) is 155 Å². The Kier molecular flexibility index (Phi) is 26.0. The molecule has 0 aliphatic carbocycles. The van der Waals surface area contributed by atoms with Crippen molar-refractivity contribution in [3.8, 4) is 5.75 Å². The summed E-state index contributed by atoms with van der Waals surface area (Å²) >= 11 is 0. The molecule has 0 aliphatic rings. The Morgan fingerprint density at radius 3 is 1.41 bits per heavy atom. The summed E-state index contributed by atoms with van der Waals surface area (Å²) in [5, 5.41) is 9.86. The van der Waals surface area contributed by atoms with E-state index in [1.807, 2.05) is 0 Å². The van der Waals surface area contributed by atoms with E-state index in [1.54, 1.807) is 13.1 Å². The standard InChI is InChI=1S/C38H67NO5/c1-4-6-8-10-12-14-16-18-20-22-24-26-28-36(41)43-32-35-34(31-40)30-39-33(3)38(35)44-37(42)29-27-25-23-21-19-17-15-13-11-9-7-5-2/h30,40H,4-29,31-32H2,1-3H3. The van der Waals surface area contributed by atoms with Gasteiger partial charge in [0.05, 0.1) is 12.3 Å². The van der Waals surface area contributed by atoms with Gasteiger partial charge in [0.1, 0.15) is 6.61 Å². The molecular weight excluding hydrogens is 550 g/mol. The lowest BCUT2D eigenvalue weighted by molar-refractivity contribution is -0.145. The SMILES string of the molecule is CCCCCCCCCCCCCCC(=O)OCc1c(CO)cnc(C)c1OC(=O)CCCCCCCCCCCCCC. The number of hydrogen-bond acceptors (Lipinski definition) is 6. The van der Waals surface area contributed by atoms with Crippen molar-refractivity contribution < 1.29 is 24.2 Å². The molecule has 6 nitrogen and oxygen atoms in total. The summed E-state index contributed by atoms with van der Waals surface area (Å²) in [4.78, 5) is 29.4. The summed E-state index contributed by atoms with van der Waals surface area (Å²) in [5.41, 5.74) is 1.60. The third kappa shape index (κ3) is 20.9. The lowest BCUT2D eigenvalue weighted by Crippen LogP contribution is -2.14. The van der Waals surface area contributed by atoms with Crippen molar-refractivity contribution in [1.82, 2.24) is 4.98 Å². The number of unbranched alkanes of at least 4 members (excludes halogenated alkanes) is 22. The molecule has 44 heavy (non-hydrogen) atoms. The van der Waals surface area contributed by atoms with E-state index in [2.05, 4.69) is 18.8 Å². The first kappa shape index (κ1) is 40.1. The lowest BCUT2D eigenvalue weighted by Gasteiger charge is -2.16. The van der Waals surface area contributed by atoms with Crippen LogP contribution in [0.4, 0.5) is 0 Å². The van der Waals surface area contributed by atoms with Gasteiger partial charge in [-0.05, 0) is 19.8 Å². The highest BCUT2D eigenvalue weighted by Crippen LogP contribution is 2.27. The van der Waals surface area contributed by atoms with Crippen molar-refractivity contribution in [3.05, 3.63) is 23.0 Å². The van der Waals surface area contributed by atoms with Crippen molar-refractivity contribution in [3.63, 3.8) is 0 Å². The van der Waals surface area contributed by atoms with E-state index in [4.69, 9.17) is 9.47 Å². The van der Waals surface area contributed by atoms with E-state index in [1.165, 1.54) is 116 Å². The van der Waals surface area contributed by atoms with Gasteiger partial charge in [-0.2, -0.15) is 0 Å². The van der Waals surface area contributed by atoms with Gasteiger partial charge in [-0.15, -0.1) is 0 Å². The largest absolute Gasteiger partial charge is 0.461 e. The third-order valence-electron chi connectivity index (χ3n) is 8.64. The summed E-state index contributed by atoms with van der Waals surface area (Å²) in [6, 6.07) is 0. The number of aliphatic hydroxyl groups is 1. The van der Waals surface area contributed by atoms with Crippen LogP contribution in [0.3, 0.4) is 0 Å². The molecule has 0 aliphatic heterocycles. The van der Waals surface area contributed by atoms with E-state index in [0.29, 0.717) is 35.4 Å². The smallest absolute Gasteiger partial charge is 0.311 e. The van der Waals surface area contributed by atoms with E-state index in [9.17, 15) is 14.7 Å². The average Bonchev–Trinajstić information content (AvgIpc) is 3.02. The zero-order valence-electron chi connectivity index (χ0n) is 28.9. The summed E-state index contributed by atoms with van der Waals surface area (Å²) in [7, 11) is 0. The van der Waals surface area contributed by atoms with Crippen molar-refractivity contribution in [1.29, 1.82) is 0 Å². The molecule has 1 aromatic rings. The topological polar surface area (TPSA) is 85.7 Å². The number of carbonyl (C=O) groups excluding carboxylic acids is 2. The Hall–Kier alpha value is -1.95. The van der Waals surface area contributed by atoms with Crippen LogP contribution in [0.25, 0.3) is 0 Å². The molecule has 0 aromatic carbocycles. The molecule has 0 amide bonds. The summed E-state index contributed by atoms with van der Waals surface area (Å²) in [5.74, 6) is -0.246. The number of hydrogen-bond donors (Lipinski definition) is 1. The highest BCUT2D eigenvalue weighted by molar-refractivity contribution is 5.73. The number of aliphatic hydroxyl groups excluding tert-OH is 1. The molecule has 0 saturated heterocycles. The minimum Gasteiger partial charge on any atom is -0.461 e. The van der Waals surface area contributed by atoms with Crippen molar-refractivity contribution in [2.75, 3.05) is 0 Å². The van der Waals surface area contributed by atoms with Crippen LogP contribution in [-0.2, 0) is 27.5 Å². The lowest BCUT2D eigenvalue weighted by atomic mass is 10.0. The summed E-state index contributed by atoms with van der Waals surface area (Å²) < 4.78 is 11.3. The van der Waals surface area contributed by atoms with Gasteiger partial charge in [-0.25, -0.2) is 0 Å². The van der Waals surface area contributed by atoms with Crippen LogP contribution in [0.1, 0.15) is 198 Å². The molecule has 0 unspecified atom stereocenters. The Balaban J connectivity index is 2.27. The van der Waals surface area contributed by atoms with E-state index < -0.39 is 0 Å². The molecule has 0 fully saturated rings. The normalized spacial score (nSPS) is 11.2. The zero-order chi connectivity index (χ0) is 32.1. The second-order valence-corrected chi connectivity index (χ2v) is 12.7. The molecule has 0 spiro atoms. The summed E-state index contributed by atoms with van der Waals surface area (Å²) in [6.07, 6.45) is 32.1. The Morgan fingerprint density at radius 1 is 0.614 bits per heavy atom. The maximum absolute atomic E-state index is 12.7. The molecule has 6 heteroatoms. The molecule has 0 bridgehead atoms. The Bertz CT molecular complexity index is 856. The molecular formula is C38H67NO5. The first-order valence-electron chi connectivity index (χ1n) is 18.5. The predicted octanol–water partition coefficient (Wildman–Crippen LogP) is 11.0. The molecule has 0 saturated carbocycles. The molecule has 0 radical (unpaired) electrons. The van der Waals surface area contributed by atoms with Gasteiger partial charge >= 0.3 is 11.9 Å². The van der Waals surface area contributed by atoms with Gasteiger partial charge in [0.2, 0.25) is 0 Å². The zero-order valence-corrected chi connectivity index (χ0v) is 28.9. The minimum atomic E-state index is -0.305. The number of esters is 2. The van der Waals surface area contributed by atoms with Crippen LogP contribution < -0.4 is 4.74 Å². The molecule has 254 valence electrons. The van der Waals surface area contributed by atoms with Crippen LogP contribution in [-0.4, -0.2) is 22.0 Å². The summed E-state index contributed by atoms with van der Waals surface area (Å²) in [6.45, 7) is 5.99. The molecule has 1 rings (SSSR count). The fourth-order valence-corrected chi connectivity index (χ4v) is 5.72. The maximum atomic E-state index is 12.7. The van der Waals surface area contributed by atoms with Crippen LogP contribution in [0.15, 0.2) is 6.20 Å². The van der Waals surface area contributed by atoms with Crippen LogP contribution in [0.2, 0.25) is 0 Å². The first-order chi connectivity index (χ1) is 21.5. The second kappa shape index (κ2) is 28.5. The Morgan fingerprint density at radius 2 is 1.00 bits per heavy atom. The first-order valence-corrected chi connectivity index (χ1v) is 18.5. The second-order valence-electron chi connectivity index (χ2n) is 12.7. The third-order valence-corrected chi connectivity index (χ3v) is 8.64. The number of ether oxygens (including phenoxy) is 2. The van der Waals surface area contributed by atoms with Gasteiger partial charge < -0.3 is 14.6 Å². The van der Waals surface area contributed by atoms with Crippen LogP contribution in [0.5, 0.6) is 5.75 Å². The van der Waals surface area contributed by atoms with Crippen molar-refractivity contribution >= 4 is 11.9 Å². The number of nitrogens with zero attached hydrogens (tertiary/aromatic N) is 1. The van der Waals surface area contributed by atoms with E-state index in [0.717, 1.165) is 38.5 Å². The van der Waals surface area contributed by atoms with E-state index in [-0.39, 0.29) is 25.2 Å². The highest BCUT2D eigenvalue weighted by atomic mass is 16.5. The monoisotopic (exact) mass is 618 g/mol. The van der Waals surface area contributed by atoms with Crippen molar-refractivity contribution in [2.24, 2.45) is 0 Å². The number of carbonyl (C=O) groups is 2. The Labute approximate surface area is 270 Å². The fraction of sp³-hybridized carbons (Fsp3) is 0.816. The van der Waals surface area contributed by atoms with Gasteiger partial charge in [-0.3, -0.25) is 14.6 Å². The quantitative estimate of drug-likeness (QED) is 0.0682. The molecule has 1 N–H and O–H groups in total. The minimum absolute atomic E-state index is 0.0302.